The van der Waals surface area contributed by atoms with Crippen LogP contribution in [0, 0.1) is 12.8 Å². The monoisotopic (exact) mass is 230 g/mol. The van der Waals surface area contributed by atoms with Crippen LogP contribution < -0.4 is 0 Å². The number of carbonyl (C=O) groups is 1. The van der Waals surface area contributed by atoms with Crippen LogP contribution in [-0.4, -0.2) is 20.6 Å². The third-order valence-electron chi connectivity index (χ3n) is 3.34. The molecule has 1 saturated carbocycles. The number of rotatable bonds is 3. The van der Waals surface area contributed by atoms with Crippen LogP contribution in [0.5, 0.6) is 0 Å². The molecule has 0 radical (unpaired) electrons. The third kappa shape index (κ3) is 1.69. The van der Waals surface area contributed by atoms with Crippen molar-refractivity contribution in [2.75, 3.05) is 0 Å². The van der Waals surface area contributed by atoms with Crippen LogP contribution in [0.2, 0.25) is 0 Å². The fourth-order valence-electron chi connectivity index (χ4n) is 2.22. The molecular weight excluding hydrogens is 216 g/mol. The first-order valence-corrected chi connectivity index (χ1v) is 5.86. The zero-order chi connectivity index (χ0) is 12.0. The van der Waals surface area contributed by atoms with E-state index < -0.39 is 5.97 Å². The second kappa shape index (κ2) is 3.58. The molecular formula is C13H14N2O2. The molecule has 0 unspecified atom stereocenters. The molecule has 17 heavy (non-hydrogen) atoms. The molecule has 2 aromatic rings. The maximum atomic E-state index is 11.1. The van der Waals surface area contributed by atoms with E-state index in [1.165, 1.54) is 12.8 Å². The van der Waals surface area contributed by atoms with E-state index in [1.54, 1.807) is 12.1 Å². The van der Waals surface area contributed by atoms with E-state index in [9.17, 15) is 4.79 Å². The molecule has 1 aromatic heterocycles. The van der Waals surface area contributed by atoms with Gasteiger partial charge in [0, 0.05) is 6.54 Å². The van der Waals surface area contributed by atoms with Crippen molar-refractivity contribution >= 4 is 17.0 Å². The molecule has 0 spiro atoms. The van der Waals surface area contributed by atoms with Gasteiger partial charge in [-0.2, -0.15) is 0 Å². The summed E-state index contributed by atoms with van der Waals surface area (Å²) in [6.07, 6.45) is 2.55. The lowest BCUT2D eigenvalue weighted by Crippen LogP contribution is -2.02. The van der Waals surface area contributed by atoms with Gasteiger partial charge in [0.1, 0.15) is 11.3 Å². The standard InChI is InChI=1S/C13H14N2O2/c1-8-14-12-10(13(16)17)3-2-4-11(12)15(8)7-9-5-6-9/h2-4,9H,5-7H2,1H3,(H,16,17). The highest BCUT2D eigenvalue weighted by molar-refractivity contribution is 6.01. The quantitative estimate of drug-likeness (QED) is 0.881. The van der Waals surface area contributed by atoms with Crippen molar-refractivity contribution in [3.05, 3.63) is 29.6 Å². The number of nitrogens with zero attached hydrogens (tertiary/aromatic N) is 2. The SMILES string of the molecule is Cc1nc2c(C(=O)O)cccc2n1CC1CC1. The molecule has 1 aromatic carbocycles. The zero-order valence-electron chi connectivity index (χ0n) is 9.68. The van der Waals surface area contributed by atoms with Crippen LogP contribution in [0.25, 0.3) is 11.0 Å². The summed E-state index contributed by atoms with van der Waals surface area (Å²) in [5.74, 6) is 0.742. The predicted octanol–water partition coefficient (Wildman–Crippen LogP) is 2.45. The fourth-order valence-corrected chi connectivity index (χ4v) is 2.22. The van der Waals surface area contributed by atoms with E-state index in [0.29, 0.717) is 11.1 Å². The lowest BCUT2D eigenvalue weighted by atomic mass is 10.2. The summed E-state index contributed by atoms with van der Waals surface area (Å²) in [5.41, 5.74) is 1.84. The maximum Gasteiger partial charge on any atom is 0.337 e. The minimum atomic E-state index is -0.910. The largest absolute Gasteiger partial charge is 0.478 e. The topological polar surface area (TPSA) is 55.1 Å². The van der Waals surface area contributed by atoms with Gasteiger partial charge >= 0.3 is 5.97 Å². The molecule has 0 aliphatic heterocycles. The molecule has 88 valence electrons. The smallest absolute Gasteiger partial charge is 0.337 e. The van der Waals surface area contributed by atoms with Crippen LogP contribution in [0.1, 0.15) is 29.0 Å². The van der Waals surface area contributed by atoms with Gasteiger partial charge < -0.3 is 9.67 Å². The minimum Gasteiger partial charge on any atom is -0.478 e. The summed E-state index contributed by atoms with van der Waals surface area (Å²) in [4.78, 5) is 15.5. The van der Waals surface area contributed by atoms with E-state index in [1.807, 2.05) is 13.0 Å². The second-order valence-electron chi connectivity index (χ2n) is 4.69. The molecule has 1 aliphatic rings. The van der Waals surface area contributed by atoms with Crippen molar-refractivity contribution < 1.29 is 9.90 Å². The number of benzene rings is 1. The molecule has 1 fully saturated rings. The number of hydrogen-bond acceptors (Lipinski definition) is 2. The Hall–Kier alpha value is -1.84. The van der Waals surface area contributed by atoms with Crippen molar-refractivity contribution in [1.29, 1.82) is 0 Å². The van der Waals surface area contributed by atoms with Crippen molar-refractivity contribution in [2.24, 2.45) is 5.92 Å². The second-order valence-corrected chi connectivity index (χ2v) is 4.69. The van der Waals surface area contributed by atoms with E-state index in [-0.39, 0.29) is 0 Å². The molecule has 4 nitrogen and oxygen atoms in total. The first-order valence-electron chi connectivity index (χ1n) is 5.86. The Morgan fingerprint density at radius 2 is 2.29 bits per heavy atom. The number of carboxylic acid groups (broad SMARTS) is 1. The molecule has 1 aliphatic carbocycles. The van der Waals surface area contributed by atoms with Gasteiger partial charge in [-0.3, -0.25) is 0 Å². The fraction of sp³-hybridized carbons (Fsp3) is 0.385. The molecule has 3 rings (SSSR count). The van der Waals surface area contributed by atoms with E-state index in [0.717, 1.165) is 23.8 Å². The van der Waals surface area contributed by atoms with Gasteiger partial charge in [-0.05, 0) is 37.8 Å². The van der Waals surface area contributed by atoms with Crippen molar-refractivity contribution in [3.63, 3.8) is 0 Å². The summed E-state index contributed by atoms with van der Waals surface area (Å²) >= 11 is 0. The van der Waals surface area contributed by atoms with Crippen molar-refractivity contribution in [2.45, 2.75) is 26.3 Å². The van der Waals surface area contributed by atoms with Crippen LogP contribution in [0.15, 0.2) is 18.2 Å². The Labute approximate surface area is 98.9 Å². The molecule has 1 heterocycles. The molecule has 0 atom stereocenters. The van der Waals surface area contributed by atoms with Crippen molar-refractivity contribution in [1.82, 2.24) is 9.55 Å². The van der Waals surface area contributed by atoms with E-state index in [4.69, 9.17) is 5.11 Å². The molecule has 1 N–H and O–H groups in total. The summed E-state index contributed by atoms with van der Waals surface area (Å²) in [6, 6.07) is 5.35. The molecule has 4 heteroatoms. The summed E-state index contributed by atoms with van der Waals surface area (Å²) in [7, 11) is 0. The molecule has 0 amide bonds. The highest BCUT2D eigenvalue weighted by Gasteiger charge is 2.24. The summed E-state index contributed by atoms with van der Waals surface area (Å²) in [5, 5.41) is 9.13. The molecule has 0 saturated heterocycles. The van der Waals surface area contributed by atoms with Gasteiger partial charge in [-0.15, -0.1) is 0 Å². The number of aromatic nitrogens is 2. The first kappa shape index (κ1) is 10.3. The number of aryl methyl sites for hydroxylation is 1. The maximum absolute atomic E-state index is 11.1. The highest BCUT2D eigenvalue weighted by atomic mass is 16.4. The highest BCUT2D eigenvalue weighted by Crippen LogP contribution is 2.32. The number of aromatic carboxylic acids is 1. The summed E-state index contributed by atoms with van der Waals surface area (Å²) in [6.45, 7) is 2.90. The Kier molecular flexibility index (Phi) is 2.18. The van der Waals surface area contributed by atoms with Crippen LogP contribution in [0.4, 0.5) is 0 Å². The van der Waals surface area contributed by atoms with Gasteiger partial charge in [0.05, 0.1) is 11.1 Å². The Morgan fingerprint density at radius 3 is 2.94 bits per heavy atom. The Bertz CT molecular complexity index is 597. The number of carboxylic acids is 1. The van der Waals surface area contributed by atoms with Gasteiger partial charge in [-0.25, -0.2) is 9.78 Å². The van der Waals surface area contributed by atoms with Gasteiger partial charge in [0.25, 0.3) is 0 Å². The number of fused-ring (bicyclic) bond motifs is 1. The Balaban J connectivity index is 2.19. The summed E-state index contributed by atoms with van der Waals surface area (Å²) < 4.78 is 2.14. The predicted molar refractivity (Wildman–Crippen MR) is 64.2 cm³/mol. The minimum absolute atomic E-state index is 0.292. The first-order chi connectivity index (χ1) is 8.16. The Morgan fingerprint density at radius 1 is 1.53 bits per heavy atom. The lowest BCUT2D eigenvalue weighted by molar-refractivity contribution is 0.0699. The van der Waals surface area contributed by atoms with E-state index >= 15 is 0 Å². The third-order valence-corrected chi connectivity index (χ3v) is 3.34. The van der Waals surface area contributed by atoms with Crippen molar-refractivity contribution in [3.8, 4) is 0 Å². The lowest BCUT2D eigenvalue weighted by Gasteiger charge is -2.05. The van der Waals surface area contributed by atoms with Crippen LogP contribution in [-0.2, 0) is 6.54 Å². The van der Waals surface area contributed by atoms with Gasteiger partial charge in [0.15, 0.2) is 0 Å². The van der Waals surface area contributed by atoms with Crippen LogP contribution in [0.3, 0.4) is 0 Å². The average molecular weight is 230 g/mol. The normalized spacial score (nSPS) is 15.4. The van der Waals surface area contributed by atoms with Gasteiger partial charge in [0.2, 0.25) is 0 Å². The number of para-hydroxylation sites is 1. The number of hydrogen-bond donors (Lipinski definition) is 1. The number of imidazole rings is 1. The van der Waals surface area contributed by atoms with Gasteiger partial charge in [-0.1, -0.05) is 6.07 Å². The zero-order valence-corrected chi connectivity index (χ0v) is 9.68. The average Bonchev–Trinajstić information content (AvgIpc) is 3.04. The van der Waals surface area contributed by atoms with Crippen LogP contribution >= 0.6 is 0 Å². The van der Waals surface area contributed by atoms with E-state index in [2.05, 4.69) is 9.55 Å². The molecule has 0 bridgehead atoms.